The van der Waals surface area contributed by atoms with E-state index in [-0.39, 0.29) is 18.9 Å². The topological polar surface area (TPSA) is 12.5 Å². The van der Waals surface area contributed by atoms with Crippen molar-refractivity contribution in [1.82, 2.24) is 4.90 Å². The van der Waals surface area contributed by atoms with Gasteiger partial charge in [-0.05, 0) is 36.8 Å². The van der Waals surface area contributed by atoms with Crippen molar-refractivity contribution in [3.8, 4) is 0 Å². The second kappa shape index (κ2) is 9.82. The minimum Gasteiger partial charge on any atom is -0.292 e. The lowest BCUT2D eigenvalue weighted by Crippen LogP contribution is -2.51. The van der Waals surface area contributed by atoms with Gasteiger partial charge in [-0.2, -0.15) is 13.2 Å². The number of halogens is 4. The third kappa shape index (κ3) is 5.43. The molecule has 1 aliphatic rings. The van der Waals surface area contributed by atoms with Gasteiger partial charge < -0.3 is 0 Å². The fourth-order valence-electron chi connectivity index (χ4n) is 3.86. The summed E-state index contributed by atoms with van der Waals surface area (Å²) in [5, 5.41) is 0. The summed E-state index contributed by atoms with van der Waals surface area (Å²) >= 11 is 1.77. The van der Waals surface area contributed by atoms with Gasteiger partial charge in [0, 0.05) is 40.3 Å². The van der Waals surface area contributed by atoms with E-state index in [9.17, 15) is 13.2 Å². The van der Waals surface area contributed by atoms with Crippen molar-refractivity contribution in [3.63, 3.8) is 0 Å². The Morgan fingerprint density at radius 1 is 0.929 bits per heavy atom. The average molecular weight is 521 g/mol. The molecule has 1 aliphatic carbocycles. The van der Waals surface area contributed by atoms with Crippen LogP contribution in [-0.4, -0.2) is 22.7 Å². The summed E-state index contributed by atoms with van der Waals surface area (Å²) in [5.74, 6) is 0. The zero-order valence-corrected chi connectivity index (χ0v) is 18.3. The molecular weight excluding hydrogens is 498 g/mol. The van der Waals surface area contributed by atoms with Gasteiger partial charge in [-0.25, -0.2) is 0 Å². The Morgan fingerprint density at radius 3 is 1.79 bits per heavy atom. The van der Waals surface area contributed by atoms with Crippen molar-refractivity contribution >= 4 is 30.4 Å². The molecule has 0 heterocycles. The van der Waals surface area contributed by atoms with Crippen LogP contribution in [0.4, 0.5) is 13.2 Å². The van der Waals surface area contributed by atoms with E-state index in [2.05, 4.69) is 29.2 Å². The fraction of sp³-hybridized carbons (Fsp3) is 0.429. The highest BCUT2D eigenvalue weighted by molar-refractivity contribution is 14.2. The Morgan fingerprint density at radius 2 is 1.39 bits per heavy atom. The van der Waals surface area contributed by atoms with E-state index in [1.165, 1.54) is 11.1 Å². The Balaban J connectivity index is 1.75. The zero-order chi connectivity index (χ0) is 20.0. The van der Waals surface area contributed by atoms with Gasteiger partial charge in [0.2, 0.25) is 0 Å². The second-order valence-electron chi connectivity index (χ2n) is 7.25. The van der Waals surface area contributed by atoms with Crippen LogP contribution in [0.15, 0.2) is 60.7 Å². The monoisotopic (exact) mass is 521 g/mol. The van der Waals surface area contributed by atoms with Crippen LogP contribution in [0.5, 0.6) is 0 Å². The van der Waals surface area contributed by atoms with E-state index in [0.29, 0.717) is 12.8 Å². The van der Waals surface area contributed by atoms with Gasteiger partial charge in [0.25, 0.3) is 0 Å². The third-order valence-corrected chi connectivity index (χ3v) is 6.37. The van der Waals surface area contributed by atoms with Crippen molar-refractivity contribution in [2.75, 3.05) is 0 Å². The minimum atomic E-state index is -4.35. The lowest BCUT2D eigenvalue weighted by Gasteiger charge is -2.43. The van der Waals surface area contributed by atoms with Crippen molar-refractivity contribution in [3.05, 3.63) is 71.8 Å². The maximum Gasteiger partial charge on any atom is 0.418 e. The molecule has 0 amide bonds. The van der Waals surface area contributed by atoms with Gasteiger partial charge in [-0.1, -0.05) is 60.7 Å². The van der Waals surface area contributed by atoms with Crippen molar-refractivity contribution < 1.29 is 17.4 Å². The third-order valence-electron chi connectivity index (χ3n) is 5.44. The van der Waals surface area contributed by atoms with E-state index in [4.69, 9.17) is 4.18 Å². The molecule has 0 saturated heterocycles. The lowest BCUT2D eigenvalue weighted by atomic mass is 9.81. The molecule has 0 unspecified atom stereocenters. The maximum absolute atomic E-state index is 13.7. The molecular formula is C21H23F3INOS. The highest BCUT2D eigenvalue weighted by atomic mass is 127. The smallest absolute Gasteiger partial charge is 0.292 e. The second-order valence-corrected chi connectivity index (χ2v) is 8.62. The predicted octanol–water partition coefficient (Wildman–Crippen LogP) is 6.95. The van der Waals surface area contributed by atoms with E-state index >= 15 is 0 Å². The Hall–Kier alpha value is -0.770. The van der Waals surface area contributed by atoms with Gasteiger partial charge in [0.05, 0.1) is 9.21 Å². The summed E-state index contributed by atoms with van der Waals surface area (Å²) < 4.78 is 46.1. The summed E-state index contributed by atoms with van der Waals surface area (Å²) in [6.07, 6.45) is -3.42. The van der Waals surface area contributed by atoms with Crippen LogP contribution >= 0.6 is 30.4 Å². The molecule has 1 saturated carbocycles. The molecule has 7 heteroatoms. The molecule has 3 rings (SSSR count). The van der Waals surface area contributed by atoms with Crippen LogP contribution < -0.4 is 0 Å². The average Bonchev–Trinajstić information content (AvgIpc) is 2.69. The first-order valence-electron chi connectivity index (χ1n) is 9.28. The fourth-order valence-corrected chi connectivity index (χ4v) is 5.27. The first-order valence-corrected chi connectivity index (χ1v) is 12.6. The molecule has 28 heavy (non-hydrogen) atoms. The summed E-state index contributed by atoms with van der Waals surface area (Å²) in [6.45, 7) is 1.45. The number of nitrogens with zero attached hydrogens (tertiary/aromatic N) is 1. The molecule has 0 aliphatic heterocycles. The van der Waals surface area contributed by atoms with Crippen LogP contribution in [0.1, 0.15) is 36.8 Å². The number of rotatable bonds is 7. The molecule has 2 nitrogen and oxygen atoms in total. The Bertz CT molecular complexity index is 680. The van der Waals surface area contributed by atoms with Gasteiger partial charge in [-0.3, -0.25) is 9.08 Å². The van der Waals surface area contributed by atoms with Crippen molar-refractivity contribution in [2.45, 2.75) is 56.6 Å². The van der Waals surface area contributed by atoms with E-state index in [1.54, 1.807) is 21.2 Å². The van der Waals surface area contributed by atoms with Crippen LogP contribution in [0.3, 0.4) is 0 Å². The molecule has 2 aromatic rings. The number of hydrogen-bond acceptors (Lipinski definition) is 3. The number of benzene rings is 2. The summed E-state index contributed by atoms with van der Waals surface area (Å²) in [5.41, 5.74) is 0.316. The van der Waals surface area contributed by atoms with Crippen LogP contribution in [0.25, 0.3) is 0 Å². The summed E-state index contributed by atoms with van der Waals surface area (Å²) in [7, 11) is 0.785. The van der Waals surface area contributed by atoms with E-state index < -0.39 is 11.8 Å². The van der Waals surface area contributed by atoms with Gasteiger partial charge in [0.15, 0.2) is 5.60 Å². The highest BCUT2D eigenvalue weighted by Gasteiger charge is 2.58. The predicted molar refractivity (Wildman–Crippen MR) is 116 cm³/mol. The highest BCUT2D eigenvalue weighted by Crippen LogP contribution is 2.48. The van der Waals surface area contributed by atoms with Crippen molar-refractivity contribution in [1.29, 1.82) is 0 Å². The molecule has 0 radical (unpaired) electrons. The minimum absolute atomic E-state index is 0.00273. The van der Waals surface area contributed by atoms with Crippen LogP contribution in [-0.2, 0) is 17.3 Å². The van der Waals surface area contributed by atoms with Gasteiger partial charge in [-0.15, -0.1) is 0 Å². The summed E-state index contributed by atoms with van der Waals surface area (Å²) in [4.78, 5) is 2.31. The Kier molecular flexibility index (Phi) is 7.69. The molecule has 1 fully saturated rings. The molecule has 0 bridgehead atoms. The normalized spacial score (nSPS) is 23.1. The van der Waals surface area contributed by atoms with Gasteiger partial charge >= 0.3 is 6.18 Å². The summed E-state index contributed by atoms with van der Waals surface area (Å²) in [6, 6.07) is 20.3. The molecule has 152 valence electrons. The lowest BCUT2D eigenvalue weighted by molar-refractivity contribution is -0.256. The van der Waals surface area contributed by atoms with Gasteiger partial charge in [0.1, 0.15) is 0 Å². The van der Waals surface area contributed by atoms with E-state index in [0.717, 1.165) is 22.3 Å². The SMILES string of the molecule is FC(F)(F)C1(OSI)CCC(N(Cc2ccccc2)Cc2ccccc2)CC1. The first kappa shape index (κ1) is 21.9. The molecule has 0 atom stereocenters. The standard InChI is InChI=1S/C21H23F3INOS/c22-21(23,24)20(27-28-25)13-11-19(12-14-20)26(15-17-7-3-1-4-8-17)16-18-9-5-2-6-10-18/h1-10,19H,11-16H2. The van der Waals surface area contributed by atoms with E-state index in [1.807, 2.05) is 36.4 Å². The number of hydrogen-bond donors (Lipinski definition) is 0. The quantitative estimate of drug-likeness (QED) is 0.289. The van der Waals surface area contributed by atoms with Crippen LogP contribution in [0, 0.1) is 0 Å². The first-order chi connectivity index (χ1) is 13.4. The largest absolute Gasteiger partial charge is 0.418 e. The molecule has 0 N–H and O–H groups in total. The Labute approximate surface area is 180 Å². The molecule has 2 aromatic carbocycles. The zero-order valence-electron chi connectivity index (χ0n) is 15.4. The number of alkyl halides is 3. The van der Waals surface area contributed by atoms with Crippen LogP contribution in [0.2, 0.25) is 0 Å². The van der Waals surface area contributed by atoms with Crippen molar-refractivity contribution in [2.24, 2.45) is 0 Å². The molecule has 0 aromatic heterocycles. The maximum atomic E-state index is 13.7. The molecule has 0 spiro atoms.